The molecule has 1 saturated heterocycles. The summed E-state index contributed by atoms with van der Waals surface area (Å²) in [7, 11) is 0. The normalized spacial score (nSPS) is 14.7. The molecule has 0 atom stereocenters. The fourth-order valence-electron chi connectivity index (χ4n) is 2.60. The van der Waals surface area contributed by atoms with Gasteiger partial charge in [0.2, 0.25) is 0 Å². The molecule has 5 amide bonds. The summed E-state index contributed by atoms with van der Waals surface area (Å²) in [6, 6.07) is 2.38. The number of rotatable bonds is 7. The minimum absolute atomic E-state index is 0.00193. The van der Waals surface area contributed by atoms with Crippen LogP contribution >= 0.6 is 0 Å². The summed E-state index contributed by atoms with van der Waals surface area (Å²) in [6.45, 7) is 2.09. The summed E-state index contributed by atoms with van der Waals surface area (Å²) in [5.74, 6) is -2.67. The standard InChI is InChI=1S/C17H22N6O4/c1-2-3-7-22-15(25)12(13(18)19)16(26)23(17(22)27)8-6-10-4-5-11(14(20)24)21-9-10/h4-5,9H,2-3,6-8,18-19H2,1H3,(H2,20,24). The van der Waals surface area contributed by atoms with Crippen LogP contribution in [0.25, 0.3) is 0 Å². The van der Waals surface area contributed by atoms with E-state index in [1.54, 1.807) is 6.07 Å². The highest BCUT2D eigenvalue weighted by molar-refractivity contribution is 6.29. The summed E-state index contributed by atoms with van der Waals surface area (Å²) in [6.07, 6.45) is 3.07. The van der Waals surface area contributed by atoms with Crippen molar-refractivity contribution in [2.45, 2.75) is 26.2 Å². The van der Waals surface area contributed by atoms with Crippen LogP contribution in [0.3, 0.4) is 0 Å². The molecule has 0 bridgehead atoms. The van der Waals surface area contributed by atoms with Crippen molar-refractivity contribution in [1.82, 2.24) is 14.8 Å². The van der Waals surface area contributed by atoms with Gasteiger partial charge in [0, 0.05) is 19.3 Å². The van der Waals surface area contributed by atoms with Crippen molar-refractivity contribution in [1.29, 1.82) is 0 Å². The largest absolute Gasteiger partial charge is 0.385 e. The van der Waals surface area contributed by atoms with E-state index >= 15 is 0 Å². The van der Waals surface area contributed by atoms with Crippen LogP contribution in [-0.4, -0.2) is 51.6 Å². The van der Waals surface area contributed by atoms with Crippen LogP contribution in [0.2, 0.25) is 0 Å². The molecule has 1 aromatic heterocycles. The maximum Gasteiger partial charge on any atom is 0.333 e. The third-order valence-electron chi connectivity index (χ3n) is 4.11. The van der Waals surface area contributed by atoms with Crippen LogP contribution in [0.15, 0.2) is 29.7 Å². The second-order valence-corrected chi connectivity index (χ2v) is 6.05. The molecule has 0 spiro atoms. The van der Waals surface area contributed by atoms with Crippen LogP contribution in [0, 0.1) is 0 Å². The summed E-state index contributed by atoms with van der Waals surface area (Å²) >= 11 is 0. The number of hydrogen-bond donors (Lipinski definition) is 3. The van der Waals surface area contributed by atoms with E-state index in [-0.39, 0.29) is 25.2 Å². The fourth-order valence-corrected chi connectivity index (χ4v) is 2.60. The first-order valence-corrected chi connectivity index (χ1v) is 8.45. The summed E-state index contributed by atoms with van der Waals surface area (Å²) < 4.78 is 0. The highest BCUT2D eigenvalue weighted by Gasteiger charge is 2.42. The quantitative estimate of drug-likeness (QED) is 0.425. The van der Waals surface area contributed by atoms with Gasteiger partial charge < -0.3 is 17.2 Å². The average Bonchev–Trinajstić information content (AvgIpc) is 2.61. The Morgan fingerprint density at radius 1 is 1.04 bits per heavy atom. The minimum atomic E-state index is -0.820. The summed E-state index contributed by atoms with van der Waals surface area (Å²) in [5, 5.41) is 0. The second kappa shape index (κ2) is 8.30. The minimum Gasteiger partial charge on any atom is -0.385 e. The Morgan fingerprint density at radius 2 is 1.67 bits per heavy atom. The Hall–Kier alpha value is -3.43. The van der Waals surface area contributed by atoms with Crippen molar-refractivity contribution in [2.75, 3.05) is 13.1 Å². The highest BCUT2D eigenvalue weighted by atomic mass is 16.2. The number of amides is 5. The molecule has 144 valence electrons. The zero-order chi connectivity index (χ0) is 20.1. The smallest absolute Gasteiger partial charge is 0.333 e. The molecule has 1 aliphatic rings. The number of imide groups is 2. The van der Waals surface area contributed by atoms with Crippen molar-refractivity contribution in [3.05, 3.63) is 41.0 Å². The van der Waals surface area contributed by atoms with Gasteiger partial charge in [-0.3, -0.25) is 29.2 Å². The number of aromatic nitrogens is 1. The van der Waals surface area contributed by atoms with Crippen molar-refractivity contribution in [3.8, 4) is 0 Å². The molecule has 0 aliphatic carbocycles. The van der Waals surface area contributed by atoms with E-state index in [1.165, 1.54) is 12.3 Å². The van der Waals surface area contributed by atoms with Gasteiger partial charge in [0.25, 0.3) is 17.7 Å². The van der Waals surface area contributed by atoms with Crippen LogP contribution in [0.5, 0.6) is 0 Å². The Balaban J connectivity index is 2.21. The number of nitrogens with zero attached hydrogens (tertiary/aromatic N) is 3. The summed E-state index contributed by atoms with van der Waals surface area (Å²) in [5.41, 5.74) is 16.5. The molecule has 0 radical (unpaired) electrons. The average molecular weight is 374 g/mol. The Morgan fingerprint density at radius 3 is 2.15 bits per heavy atom. The van der Waals surface area contributed by atoms with Gasteiger partial charge in [-0.1, -0.05) is 19.4 Å². The Bertz CT molecular complexity index is 798. The van der Waals surface area contributed by atoms with E-state index in [2.05, 4.69) is 4.98 Å². The van der Waals surface area contributed by atoms with Crippen LogP contribution in [0.1, 0.15) is 35.8 Å². The van der Waals surface area contributed by atoms with E-state index < -0.39 is 35.1 Å². The van der Waals surface area contributed by atoms with Crippen molar-refractivity contribution in [2.24, 2.45) is 17.2 Å². The van der Waals surface area contributed by atoms with Gasteiger partial charge in [-0.05, 0) is 24.5 Å². The van der Waals surface area contributed by atoms with Gasteiger partial charge in [-0.2, -0.15) is 0 Å². The zero-order valence-electron chi connectivity index (χ0n) is 15.0. The fraction of sp³-hybridized carbons (Fsp3) is 0.353. The number of carbonyl (C=O) groups is 4. The molecule has 27 heavy (non-hydrogen) atoms. The first kappa shape index (κ1) is 19.9. The molecule has 10 nitrogen and oxygen atoms in total. The maximum atomic E-state index is 12.6. The molecular formula is C17H22N6O4. The number of urea groups is 1. The molecule has 0 saturated carbocycles. The first-order chi connectivity index (χ1) is 12.8. The third kappa shape index (κ3) is 4.22. The van der Waals surface area contributed by atoms with E-state index in [1.807, 2.05) is 6.92 Å². The van der Waals surface area contributed by atoms with Crippen molar-refractivity contribution >= 4 is 23.8 Å². The third-order valence-corrected chi connectivity index (χ3v) is 4.11. The first-order valence-electron chi connectivity index (χ1n) is 8.45. The van der Waals surface area contributed by atoms with Gasteiger partial charge in [0.05, 0.1) is 0 Å². The van der Waals surface area contributed by atoms with Gasteiger partial charge >= 0.3 is 6.03 Å². The van der Waals surface area contributed by atoms with Crippen molar-refractivity contribution < 1.29 is 19.2 Å². The highest BCUT2D eigenvalue weighted by Crippen LogP contribution is 2.19. The van der Waals surface area contributed by atoms with Gasteiger partial charge in [-0.15, -0.1) is 0 Å². The molecule has 2 rings (SSSR count). The number of pyridine rings is 1. The number of primary amides is 1. The van der Waals surface area contributed by atoms with Crippen LogP contribution in [0.4, 0.5) is 4.79 Å². The van der Waals surface area contributed by atoms with E-state index in [0.717, 1.165) is 16.2 Å². The van der Waals surface area contributed by atoms with Gasteiger partial charge in [0.15, 0.2) is 0 Å². The number of nitrogens with two attached hydrogens (primary N) is 3. The lowest BCUT2D eigenvalue weighted by atomic mass is 10.1. The molecule has 10 heteroatoms. The van der Waals surface area contributed by atoms with Gasteiger partial charge in [-0.25, -0.2) is 4.79 Å². The molecule has 2 heterocycles. The second-order valence-electron chi connectivity index (χ2n) is 6.05. The number of hydrogen-bond acceptors (Lipinski definition) is 7. The molecular weight excluding hydrogens is 352 g/mol. The van der Waals surface area contributed by atoms with Crippen LogP contribution in [-0.2, 0) is 16.0 Å². The number of barbiturate groups is 1. The monoisotopic (exact) mass is 374 g/mol. The lowest BCUT2D eigenvalue weighted by Gasteiger charge is -2.34. The zero-order valence-corrected chi connectivity index (χ0v) is 15.0. The Labute approximate surface area is 156 Å². The van der Waals surface area contributed by atoms with Gasteiger partial charge in [0.1, 0.15) is 17.1 Å². The SMILES string of the molecule is CCCCN1C(=O)C(=C(N)N)C(=O)N(CCc2ccc(C(N)=O)nc2)C1=O. The van der Waals surface area contributed by atoms with Crippen molar-refractivity contribution in [3.63, 3.8) is 0 Å². The number of unbranched alkanes of at least 4 members (excludes halogenated alkanes) is 1. The summed E-state index contributed by atoms with van der Waals surface area (Å²) in [4.78, 5) is 54.4. The molecule has 1 aliphatic heterocycles. The maximum absolute atomic E-state index is 12.6. The van der Waals surface area contributed by atoms with E-state index in [4.69, 9.17) is 17.2 Å². The molecule has 1 fully saturated rings. The lowest BCUT2D eigenvalue weighted by molar-refractivity contribution is -0.136. The molecule has 6 N–H and O–H groups in total. The predicted octanol–water partition coefficient (Wildman–Crippen LogP) is -0.557. The Kier molecular flexibility index (Phi) is 6.11. The van der Waals surface area contributed by atoms with E-state index in [0.29, 0.717) is 12.0 Å². The van der Waals surface area contributed by atoms with E-state index in [9.17, 15) is 19.2 Å². The predicted molar refractivity (Wildman–Crippen MR) is 95.6 cm³/mol. The molecule has 0 aromatic carbocycles. The molecule has 1 aromatic rings. The molecule has 0 unspecified atom stereocenters. The van der Waals surface area contributed by atoms with Crippen LogP contribution < -0.4 is 17.2 Å². The topological polar surface area (TPSA) is 166 Å². The number of carbonyl (C=O) groups excluding carboxylic acids is 4. The lowest BCUT2D eigenvalue weighted by Crippen LogP contribution is -2.57.